The molecule has 0 aliphatic heterocycles. The average Bonchev–Trinajstić information content (AvgIpc) is 3.03. The molecular weight excluding hydrogens is 234 g/mol. The van der Waals surface area contributed by atoms with Gasteiger partial charge in [-0.15, -0.1) is 0 Å². The van der Waals surface area contributed by atoms with Gasteiger partial charge in [0.2, 0.25) is 0 Å². The molecule has 1 heterocycles. The van der Waals surface area contributed by atoms with E-state index in [4.69, 9.17) is 0 Å². The Morgan fingerprint density at radius 2 is 1.05 bits per heavy atom. The summed E-state index contributed by atoms with van der Waals surface area (Å²) in [4.78, 5) is 0. The number of aromatic nitrogens is 1. The number of hydrogen-bond acceptors (Lipinski definition) is 1. The first-order valence-electron chi connectivity index (χ1n) is 6.28. The summed E-state index contributed by atoms with van der Waals surface area (Å²) in [5, 5.41) is 11.3. The monoisotopic (exact) mass is 249 g/mol. The lowest BCUT2D eigenvalue weighted by atomic mass is 9.94. The molecule has 1 aromatic heterocycles. The van der Waals surface area contributed by atoms with E-state index in [1.165, 1.54) is 0 Å². The summed E-state index contributed by atoms with van der Waals surface area (Å²) < 4.78 is 1.82. The second-order valence-corrected chi connectivity index (χ2v) is 4.49. The predicted molar refractivity (Wildman–Crippen MR) is 75.7 cm³/mol. The molecule has 2 aromatic carbocycles. The standard InChI is InChI=1S/C17H15NO/c19-17(18-13-7-8-14-18,15-9-3-1-4-10-15)16-11-5-2-6-12-16/h1-14,19H. The maximum atomic E-state index is 11.3. The molecule has 3 aromatic rings. The molecule has 0 atom stereocenters. The highest BCUT2D eigenvalue weighted by molar-refractivity contribution is 5.36. The highest BCUT2D eigenvalue weighted by Gasteiger charge is 2.32. The van der Waals surface area contributed by atoms with Crippen molar-refractivity contribution < 1.29 is 5.11 Å². The highest BCUT2D eigenvalue weighted by Crippen LogP contribution is 2.31. The number of benzene rings is 2. The predicted octanol–water partition coefficient (Wildman–Crippen LogP) is 3.23. The summed E-state index contributed by atoms with van der Waals surface area (Å²) in [6, 6.07) is 23.2. The van der Waals surface area contributed by atoms with E-state index >= 15 is 0 Å². The molecule has 3 rings (SSSR count). The highest BCUT2D eigenvalue weighted by atomic mass is 16.3. The Morgan fingerprint density at radius 3 is 1.47 bits per heavy atom. The van der Waals surface area contributed by atoms with E-state index in [1.807, 2.05) is 89.8 Å². The molecule has 2 heteroatoms. The maximum absolute atomic E-state index is 11.3. The smallest absolute Gasteiger partial charge is 0.194 e. The lowest BCUT2D eigenvalue weighted by molar-refractivity contribution is 0.0490. The Balaban J connectivity index is 2.23. The molecule has 0 saturated heterocycles. The minimum absolute atomic E-state index is 0.845. The molecule has 0 aliphatic rings. The SMILES string of the molecule is OC(c1ccccc1)(c1ccccc1)n1cccc1. The van der Waals surface area contributed by atoms with Crippen molar-refractivity contribution in [1.29, 1.82) is 0 Å². The minimum atomic E-state index is -1.17. The van der Waals surface area contributed by atoms with Gasteiger partial charge in [-0.1, -0.05) is 60.7 Å². The van der Waals surface area contributed by atoms with Gasteiger partial charge in [-0.2, -0.15) is 0 Å². The fraction of sp³-hybridized carbons (Fsp3) is 0.0588. The molecule has 0 unspecified atom stereocenters. The van der Waals surface area contributed by atoms with Crippen molar-refractivity contribution >= 4 is 0 Å². The van der Waals surface area contributed by atoms with Gasteiger partial charge in [0.05, 0.1) is 0 Å². The molecule has 0 aliphatic carbocycles. The second kappa shape index (κ2) is 4.75. The third kappa shape index (κ3) is 1.96. The third-order valence-corrected chi connectivity index (χ3v) is 3.33. The van der Waals surface area contributed by atoms with Gasteiger partial charge >= 0.3 is 0 Å². The Kier molecular flexibility index (Phi) is 2.94. The third-order valence-electron chi connectivity index (χ3n) is 3.33. The van der Waals surface area contributed by atoms with Gasteiger partial charge in [0.15, 0.2) is 5.72 Å². The zero-order chi connectivity index (χ0) is 13.1. The van der Waals surface area contributed by atoms with E-state index in [9.17, 15) is 5.11 Å². The van der Waals surface area contributed by atoms with Crippen molar-refractivity contribution in [3.05, 3.63) is 96.3 Å². The maximum Gasteiger partial charge on any atom is 0.194 e. The molecule has 0 radical (unpaired) electrons. The van der Waals surface area contributed by atoms with Gasteiger partial charge in [0.1, 0.15) is 0 Å². The molecule has 1 N–H and O–H groups in total. The van der Waals surface area contributed by atoms with Crippen LogP contribution < -0.4 is 0 Å². The van der Waals surface area contributed by atoms with Crippen LogP contribution in [0.2, 0.25) is 0 Å². The van der Waals surface area contributed by atoms with Crippen LogP contribution in [0.1, 0.15) is 11.1 Å². The van der Waals surface area contributed by atoms with E-state index < -0.39 is 5.72 Å². The molecule has 0 amide bonds. The molecule has 0 saturated carbocycles. The Bertz CT molecular complexity index is 590. The quantitative estimate of drug-likeness (QED) is 0.757. The van der Waals surface area contributed by atoms with Crippen molar-refractivity contribution in [2.45, 2.75) is 5.72 Å². The van der Waals surface area contributed by atoms with Crippen molar-refractivity contribution in [3.63, 3.8) is 0 Å². The van der Waals surface area contributed by atoms with E-state index in [1.54, 1.807) is 0 Å². The molecule has 2 nitrogen and oxygen atoms in total. The van der Waals surface area contributed by atoms with Crippen LogP contribution in [0.3, 0.4) is 0 Å². The fourth-order valence-electron chi connectivity index (χ4n) is 2.36. The summed E-state index contributed by atoms with van der Waals surface area (Å²) >= 11 is 0. The van der Waals surface area contributed by atoms with Crippen LogP contribution in [0.5, 0.6) is 0 Å². The molecule has 94 valence electrons. The first kappa shape index (κ1) is 11.8. The van der Waals surface area contributed by atoms with Gasteiger partial charge in [-0.05, 0) is 12.1 Å². The topological polar surface area (TPSA) is 25.2 Å². The zero-order valence-electron chi connectivity index (χ0n) is 10.5. The van der Waals surface area contributed by atoms with Gasteiger partial charge < -0.3 is 9.67 Å². The summed E-state index contributed by atoms with van der Waals surface area (Å²) in [6.45, 7) is 0. The number of rotatable bonds is 3. The summed E-state index contributed by atoms with van der Waals surface area (Å²) in [6.07, 6.45) is 3.75. The molecule has 0 spiro atoms. The van der Waals surface area contributed by atoms with Crippen molar-refractivity contribution in [2.24, 2.45) is 0 Å². The molecular formula is C17H15NO. The largest absolute Gasteiger partial charge is 0.363 e. The van der Waals surface area contributed by atoms with Crippen LogP contribution >= 0.6 is 0 Å². The number of aliphatic hydroxyl groups is 1. The Labute approximate surface area is 112 Å². The Hall–Kier alpha value is -2.32. The summed E-state index contributed by atoms with van der Waals surface area (Å²) in [7, 11) is 0. The van der Waals surface area contributed by atoms with Gasteiger partial charge in [0, 0.05) is 23.5 Å². The number of nitrogens with zero attached hydrogens (tertiary/aromatic N) is 1. The Morgan fingerprint density at radius 1 is 0.632 bits per heavy atom. The molecule has 0 bridgehead atoms. The van der Waals surface area contributed by atoms with E-state index in [0.29, 0.717) is 0 Å². The average molecular weight is 249 g/mol. The van der Waals surface area contributed by atoms with Crippen molar-refractivity contribution in [1.82, 2.24) is 4.57 Å². The zero-order valence-corrected chi connectivity index (χ0v) is 10.5. The van der Waals surface area contributed by atoms with E-state index in [-0.39, 0.29) is 0 Å². The van der Waals surface area contributed by atoms with Crippen LogP contribution in [0.25, 0.3) is 0 Å². The normalized spacial score (nSPS) is 11.4. The van der Waals surface area contributed by atoms with Gasteiger partial charge in [-0.3, -0.25) is 0 Å². The molecule has 0 fully saturated rings. The van der Waals surface area contributed by atoms with E-state index in [2.05, 4.69) is 0 Å². The van der Waals surface area contributed by atoms with Crippen LogP contribution in [0.15, 0.2) is 85.2 Å². The molecule has 19 heavy (non-hydrogen) atoms. The lowest BCUT2D eigenvalue weighted by Crippen LogP contribution is -2.35. The van der Waals surface area contributed by atoms with Crippen molar-refractivity contribution in [2.75, 3.05) is 0 Å². The fourth-order valence-corrected chi connectivity index (χ4v) is 2.36. The van der Waals surface area contributed by atoms with E-state index in [0.717, 1.165) is 11.1 Å². The van der Waals surface area contributed by atoms with Crippen LogP contribution in [0.4, 0.5) is 0 Å². The lowest BCUT2D eigenvalue weighted by Gasteiger charge is -2.31. The first-order valence-corrected chi connectivity index (χ1v) is 6.28. The van der Waals surface area contributed by atoms with Crippen molar-refractivity contribution in [3.8, 4) is 0 Å². The van der Waals surface area contributed by atoms with Crippen LogP contribution in [-0.4, -0.2) is 9.67 Å². The minimum Gasteiger partial charge on any atom is -0.363 e. The second-order valence-electron chi connectivity index (χ2n) is 4.49. The number of hydrogen-bond donors (Lipinski definition) is 1. The summed E-state index contributed by atoms with van der Waals surface area (Å²) in [5.74, 6) is 0. The first-order chi connectivity index (χ1) is 9.32. The van der Waals surface area contributed by atoms with Gasteiger partial charge in [-0.25, -0.2) is 0 Å². The summed E-state index contributed by atoms with van der Waals surface area (Å²) in [5.41, 5.74) is 0.515. The van der Waals surface area contributed by atoms with Gasteiger partial charge in [0.25, 0.3) is 0 Å². The van der Waals surface area contributed by atoms with Crippen LogP contribution in [0, 0.1) is 0 Å². The van der Waals surface area contributed by atoms with Crippen LogP contribution in [-0.2, 0) is 5.72 Å².